The summed E-state index contributed by atoms with van der Waals surface area (Å²) >= 11 is 9.38. The molecule has 1 aliphatic rings. The predicted molar refractivity (Wildman–Crippen MR) is 86.0 cm³/mol. The predicted octanol–water partition coefficient (Wildman–Crippen LogP) is 3.84. The molecule has 1 atom stereocenters. The van der Waals surface area contributed by atoms with Crippen molar-refractivity contribution in [1.29, 1.82) is 0 Å². The van der Waals surface area contributed by atoms with Gasteiger partial charge in [-0.25, -0.2) is 0 Å². The minimum absolute atomic E-state index is 0.0303. The van der Waals surface area contributed by atoms with Crippen LogP contribution in [0.1, 0.15) is 15.9 Å². The van der Waals surface area contributed by atoms with Crippen LogP contribution in [0.25, 0.3) is 0 Å². The topological polar surface area (TPSA) is 38.3 Å². The Morgan fingerprint density at radius 1 is 1.33 bits per heavy atom. The van der Waals surface area contributed by atoms with Crippen LogP contribution in [0.4, 0.5) is 0 Å². The van der Waals surface area contributed by atoms with Crippen LogP contribution in [0.15, 0.2) is 46.9 Å². The first kappa shape index (κ1) is 14.4. The Labute approximate surface area is 136 Å². The number of amides is 1. The molecule has 1 aliphatic heterocycles. The van der Waals surface area contributed by atoms with Crippen molar-refractivity contribution in [3.05, 3.63) is 63.1 Å². The molecule has 2 aromatic rings. The second-order valence-electron chi connectivity index (χ2n) is 4.89. The molecule has 108 valence electrons. The Balaban J connectivity index is 1.61. The van der Waals surface area contributed by atoms with Gasteiger partial charge < -0.3 is 10.1 Å². The van der Waals surface area contributed by atoms with Crippen molar-refractivity contribution in [2.24, 2.45) is 0 Å². The second kappa shape index (κ2) is 6.08. The number of nitrogens with one attached hydrogen (secondary N) is 1. The fourth-order valence-corrected chi connectivity index (χ4v) is 2.91. The van der Waals surface area contributed by atoms with E-state index in [1.54, 1.807) is 18.2 Å². The SMILES string of the molecule is O=C(NCC1Cc2ccccc2O1)c1cc(Br)ccc1Cl. The van der Waals surface area contributed by atoms with Gasteiger partial charge in [-0.15, -0.1) is 0 Å². The molecule has 5 heteroatoms. The van der Waals surface area contributed by atoms with Gasteiger partial charge in [-0.1, -0.05) is 45.7 Å². The lowest BCUT2D eigenvalue weighted by molar-refractivity contribution is 0.0933. The molecule has 21 heavy (non-hydrogen) atoms. The van der Waals surface area contributed by atoms with Gasteiger partial charge in [0, 0.05) is 10.9 Å². The van der Waals surface area contributed by atoms with E-state index in [2.05, 4.69) is 21.2 Å². The Kier molecular flexibility index (Phi) is 4.17. The van der Waals surface area contributed by atoms with Crippen molar-refractivity contribution in [2.45, 2.75) is 12.5 Å². The minimum atomic E-state index is -0.194. The molecular formula is C16H13BrClNO2. The zero-order valence-corrected chi connectivity index (χ0v) is 13.4. The van der Waals surface area contributed by atoms with E-state index in [1.807, 2.05) is 24.3 Å². The Morgan fingerprint density at radius 3 is 2.95 bits per heavy atom. The van der Waals surface area contributed by atoms with E-state index in [4.69, 9.17) is 16.3 Å². The number of carbonyl (C=O) groups is 1. The number of hydrogen-bond donors (Lipinski definition) is 1. The number of para-hydroxylation sites is 1. The fraction of sp³-hybridized carbons (Fsp3) is 0.188. The van der Waals surface area contributed by atoms with Gasteiger partial charge in [0.2, 0.25) is 0 Å². The average molecular weight is 367 g/mol. The lowest BCUT2D eigenvalue weighted by atomic mass is 10.1. The van der Waals surface area contributed by atoms with Crippen LogP contribution in [0.2, 0.25) is 5.02 Å². The third-order valence-electron chi connectivity index (χ3n) is 3.38. The molecule has 0 fully saturated rings. The summed E-state index contributed by atoms with van der Waals surface area (Å²) in [5, 5.41) is 3.31. The highest BCUT2D eigenvalue weighted by molar-refractivity contribution is 9.10. The highest BCUT2D eigenvalue weighted by Crippen LogP contribution is 2.28. The molecule has 2 aromatic carbocycles. The molecule has 3 rings (SSSR count). The molecular weight excluding hydrogens is 354 g/mol. The summed E-state index contributed by atoms with van der Waals surface area (Å²) in [6, 6.07) is 13.1. The molecule has 0 saturated heterocycles. The summed E-state index contributed by atoms with van der Waals surface area (Å²) in [6.07, 6.45) is 0.778. The van der Waals surface area contributed by atoms with Crippen molar-refractivity contribution in [3.63, 3.8) is 0 Å². The molecule has 0 aromatic heterocycles. The zero-order valence-electron chi connectivity index (χ0n) is 11.1. The van der Waals surface area contributed by atoms with Gasteiger partial charge >= 0.3 is 0 Å². The Bertz CT molecular complexity index is 665. The summed E-state index contributed by atoms with van der Waals surface area (Å²) in [5.41, 5.74) is 1.64. The molecule has 1 unspecified atom stereocenters. The number of ether oxygens (including phenoxy) is 1. The summed E-state index contributed by atoms with van der Waals surface area (Å²) < 4.78 is 6.61. The summed E-state index contributed by atoms with van der Waals surface area (Å²) in [6.45, 7) is 0.455. The van der Waals surface area contributed by atoms with E-state index in [0.717, 1.165) is 16.6 Å². The Hall–Kier alpha value is -1.52. The summed E-state index contributed by atoms with van der Waals surface area (Å²) in [5.74, 6) is 0.707. The molecule has 1 N–H and O–H groups in total. The third kappa shape index (κ3) is 3.22. The number of benzene rings is 2. The number of fused-ring (bicyclic) bond motifs is 1. The van der Waals surface area contributed by atoms with Crippen LogP contribution < -0.4 is 10.1 Å². The summed E-state index contributed by atoms with van der Waals surface area (Å²) in [7, 11) is 0. The highest BCUT2D eigenvalue weighted by atomic mass is 79.9. The highest BCUT2D eigenvalue weighted by Gasteiger charge is 2.23. The minimum Gasteiger partial charge on any atom is -0.488 e. The Morgan fingerprint density at radius 2 is 2.14 bits per heavy atom. The lowest BCUT2D eigenvalue weighted by Crippen LogP contribution is -2.34. The van der Waals surface area contributed by atoms with Gasteiger partial charge in [0.25, 0.3) is 5.91 Å². The monoisotopic (exact) mass is 365 g/mol. The van der Waals surface area contributed by atoms with Gasteiger partial charge in [0.05, 0.1) is 17.1 Å². The van der Waals surface area contributed by atoms with Crippen LogP contribution in [0.5, 0.6) is 5.75 Å². The van der Waals surface area contributed by atoms with Gasteiger partial charge in [-0.3, -0.25) is 4.79 Å². The molecule has 0 aliphatic carbocycles. The normalized spacial score (nSPS) is 16.2. The van der Waals surface area contributed by atoms with Gasteiger partial charge in [-0.05, 0) is 29.8 Å². The van der Waals surface area contributed by atoms with E-state index in [1.165, 1.54) is 5.56 Å². The maximum Gasteiger partial charge on any atom is 0.252 e. The van der Waals surface area contributed by atoms with Gasteiger partial charge in [0.15, 0.2) is 0 Å². The number of halogens is 2. The molecule has 1 amide bonds. The molecule has 0 spiro atoms. The standard InChI is InChI=1S/C16H13BrClNO2/c17-11-5-6-14(18)13(8-11)16(20)19-9-12-7-10-3-1-2-4-15(10)21-12/h1-6,8,12H,7,9H2,(H,19,20). The molecule has 0 bridgehead atoms. The van der Waals surface area contributed by atoms with E-state index in [9.17, 15) is 4.79 Å². The van der Waals surface area contributed by atoms with Crippen LogP contribution >= 0.6 is 27.5 Å². The van der Waals surface area contributed by atoms with E-state index < -0.39 is 0 Å². The third-order valence-corrected chi connectivity index (χ3v) is 4.20. The first-order valence-corrected chi connectivity index (χ1v) is 7.78. The first-order valence-electron chi connectivity index (χ1n) is 6.61. The smallest absolute Gasteiger partial charge is 0.252 e. The van der Waals surface area contributed by atoms with Crippen LogP contribution in [0.3, 0.4) is 0 Å². The fourth-order valence-electron chi connectivity index (χ4n) is 2.34. The van der Waals surface area contributed by atoms with Crippen molar-refractivity contribution in [1.82, 2.24) is 5.32 Å². The molecule has 3 nitrogen and oxygen atoms in total. The first-order chi connectivity index (χ1) is 10.1. The van der Waals surface area contributed by atoms with Crippen LogP contribution in [0, 0.1) is 0 Å². The van der Waals surface area contributed by atoms with Crippen molar-refractivity contribution >= 4 is 33.4 Å². The van der Waals surface area contributed by atoms with Crippen molar-refractivity contribution in [2.75, 3.05) is 6.54 Å². The van der Waals surface area contributed by atoms with E-state index in [0.29, 0.717) is 17.1 Å². The average Bonchev–Trinajstić information content (AvgIpc) is 2.90. The largest absolute Gasteiger partial charge is 0.488 e. The second-order valence-corrected chi connectivity index (χ2v) is 6.21. The quantitative estimate of drug-likeness (QED) is 0.896. The molecule has 0 radical (unpaired) electrons. The summed E-state index contributed by atoms with van der Waals surface area (Å²) in [4.78, 5) is 12.2. The van der Waals surface area contributed by atoms with E-state index in [-0.39, 0.29) is 12.0 Å². The van der Waals surface area contributed by atoms with Crippen LogP contribution in [-0.2, 0) is 6.42 Å². The van der Waals surface area contributed by atoms with Crippen molar-refractivity contribution in [3.8, 4) is 5.75 Å². The maximum atomic E-state index is 12.2. The zero-order chi connectivity index (χ0) is 14.8. The van der Waals surface area contributed by atoms with Crippen molar-refractivity contribution < 1.29 is 9.53 Å². The maximum absolute atomic E-state index is 12.2. The molecule has 1 heterocycles. The lowest BCUT2D eigenvalue weighted by Gasteiger charge is -2.12. The number of hydrogen-bond acceptors (Lipinski definition) is 2. The van der Waals surface area contributed by atoms with E-state index >= 15 is 0 Å². The van der Waals surface area contributed by atoms with Gasteiger partial charge in [0.1, 0.15) is 11.9 Å². The van der Waals surface area contributed by atoms with Gasteiger partial charge in [-0.2, -0.15) is 0 Å². The number of carbonyl (C=O) groups excluding carboxylic acids is 1. The van der Waals surface area contributed by atoms with Crippen LogP contribution in [-0.4, -0.2) is 18.6 Å². The number of rotatable bonds is 3. The molecule has 0 saturated carbocycles.